The number of nitrogens with zero attached hydrogens (tertiary/aromatic N) is 1. The summed E-state index contributed by atoms with van der Waals surface area (Å²) in [7, 11) is 0. The summed E-state index contributed by atoms with van der Waals surface area (Å²) in [4.78, 5) is 2.81. The van der Waals surface area contributed by atoms with Gasteiger partial charge in [0.2, 0.25) is 0 Å². The van der Waals surface area contributed by atoms with E-state index in [0.717, 1.165) is 12.1 Å². The van der Waals surface area contributed by atoms with Crippen molar-refractivity contribution in [3.8, 4) is 0 Å². The number of nitrogens with one attached hydrogen (secondary N) is 1. The predicted molar refractivity (Wildman–Crippen MR) is 73.2 cm³/mol. The molecule has 0 aliphatic heterocycles. The molecular formula is C13H15F3N2OS. The maximum absolute atomic E-state index is 12.7. The van der Waals surface area contributed by atoms with Crippen molar-refractivity contribution in [1.29, 1.82) is 0 Å². The molecule has 1 heterocycles. The highest BCUT2D eigenvalue weighted by atomic mass is 32.1. The molecule has 7 heteroatoms. The first kappa shape index (κ1) is 15.1. The lowest BCUT2D eigenvalue weighted by atomic mass is 10.2. The van der Waals surface area contributed by atoms with Crippen LogP contribution in [0.4, 0.5) is 13.2 Å². The largest absolute Gasteiger partial charge is 0.416 e. The van der Waals surface area contributed by atoms with Crippen LogP contribution in [0.25, 0.3) is 11.0 Å². The zero-order valence-corrected chi connectivity index (χ0v) is 11.9. The summed E-state index contributed by atoms with van der Waals surface area (Å²) in [5, 5.41) is 0. The number of alkyl halides is 3. The number of fused-ring (bicyclic) bond motifs is 1. The Kier molecular flexibility index (Phi) is 4.19. The smallest absolute Gasteiger partial charge is 0.377 e. The van der Waals surface area contributed by atoms with Crippen molar-refractivity contribution in [3.63, 3.8) is 0 Å². The van der Waals surface area contributed by atoms with Crippen molar-refractivity contribution in [2.45, 2.75) is 32.7 Å². The second kappa shape index (κ2) is 5.57. The fourth-order valence-corrected chi connectivity index (χ4v) is 2.40. The van der Waals surface area contributed by atoms with Crippen LogP contribution in [-0.2, 0) is 17.5 Å². The van der Waals surface area contributed by atoms with Gasteiger partial charge < -0.3 is 14.3 Å². The lowest BCUT2D eigenvalue weighted by Gasteiger charge is -2.13. The Morgan fingerprint density at radius 3 is 2.70 bits per heavy atom. The molecule has 20 heavy (non-hydrogen) atoms. The molecule has 0 bridgehead atoms. The summed E-state index contributed by atoms with van der Waals surface area (Å²) < 4.78 is 45.6. The minimum Gasteiger partial charge on any atom is -0.377 e. The summed E-state index contributed by atoms with van der Waals surface area (Å²) in [6.07, 6.45) is -4.42. The quantitative estimate of drug-likeness (QED) is 0.860. The number of ether oxygens (including phenoxy) is 1. The minimum absolute atomic E-state index is 0.0620. The number of H-pyrrole nitrogens is 1. The first-order valence-electron chi connectivity index (χ1n) is 6.24. The van der Waals surface area contributed by atoms with Crippen LogP contribution in [0.5, 0.6) is 0 Å². The Balaban J connectivity index is 2.43. The van der Waals surface area contributed by atoms with Crippen molar-refractivity contribution in [2.24, 2.45) is 0 Å². The lowest BCUT2D eigenvalue weighted by molar-refractivity contribution is -0.137. The molecule has 3 nitrogen and oxygen atoms in total. The molecule has 1 aromatic carbocycles. The lowest BCUT2D eigenvalue weighted by Crippen LogP contribution is -2.16. The summed E-state index contributed by atoms with van der Waals surface area (Å²) in [5.74, 6) is 0. The standard InChI is InChI=1S/C13H15F3N2OS/c1-3-19-8(2)7-18-11-5-4-9(13(14,15)16)6-10(11)17-12(18)20/h4-6,8H,3,7H2,1-2H3,(H,17,20). The van der Waals surface area contributed by atoms with Gasteiger partial charge in [-0.1, -0.05) is 0 Å². The molecule has 0 spiro atoms. The Morgan fingerprint density at radius 2 is 2.10 bits per heavy atom. The molecule has 110 valence electrons. The molecule has 0 saturated carbocycles. The van der Waals surface area contributed by atoms with E-state index in [2.05, 4.69) is 4.98 Å². The van der Waals surface area contributed by atoms with Gasteiger partial charge in [-0.3, -0.25) is 0 Å². The van der Waals surface area contributed by atoms with Crippen LogP contribution in [0.15, 0.2) is 18.2 Å². The third-order valence-electron chi connectivity index (χ3n) is 2.99. The Labute approximate surface area is 119 Å². The molecular weight excluding hydrogens is 289 g/mol. The highest BCUT2D eigenvalue weighted by molar-refractivity contribution is 7.71. The predicted octanol–water partition coefficient (Wildman–Crippen LogP) is 4.14. The average molecular weight is 304 g/mol. The van der Waals surface area contributed by atoms with Crippen LogP contribution in [0, 0.1) is 4.77 Å². The van der Waals surface area contributed by atoms with E-state index in [1.165, 1.54) is 6.07 Å². The van der Waals surface area contributed by atoms with E-state index in [-0.39, 0.29) is 6.10 Å². The maximum Gasteiger partial charge on any atom is 0.416 e. The molecule has 1 N–H and O–H groups in total. The van der Waals surface area contributed by atoms with E-state index >= 15 is 0 Å². The van der Waals surface area contributed by atoms with Crippen LogP contribution in [0.3, 0.4) is 0 Å². The highest BCUT2D eigenvalue weighted by Gasteiger charge is 2.30. The van der Waals surface area contributed by atoms with E-state index in [1.807, 2.05) is 13.8 Å². The summed E-state index contributed by atoms with van der Waals surface area (Å²) in [6, 6.07) is 3.57. The summed E-state index contributed by atoms with van der Waals surface area (Å²) in [6.45, 7) is 4.86. The van der Waals surface area contributed by atoms with Gasteiger partial charge in [0.1, 0.15) is 0 Å². The highest BCUT2D eigenvalue weighted by Crippen LogP contribution is 2.31. The van der Waals surface area contributed by atoms with Crippen molar-refractivity contribution >= 4 is 23.3 Å². The van der Waals surface area contributed by atoms with E-state index < -0.39 is 11.7 Å². The molecule has 0 saturated heterocycles. The molecule has 0 radical (unpaired) electrons. The molecule has 0 amide bonds. The Morgan fingerprint density at radius 1 is 1.40 bits per heavy atom. The van der Waals surface area contributed by atoms with E-state index in [9.17, 15) is 13.2 Å². The Hall–Kier alpha value is -1.34. The van der Waals surface area contributed by atoms with E-state index in [0.29, 0.717) is 29.0 Å². The molecule has 2 rings (SSSR count). The van der Waals surface area contributed by atoms with Gasteiger partial charge in [-0.2, -0.15) is 13.2 Å². The van der Waals surface area contributed by atoms with Crippen LogP contribution in [0.2, 0.25) is 0 Å². The normalized spacial score (nSPS) is 13.8. The molecule has 1 aromatic heterocycles. The van der Waals surface area contributed by atoms with Crippen molar-refractivity contribution in [2.75, 3.05) is 6.61 Å². The van der Waals surface area contributed by atoms with Crippen LogP contribution in [0.1, 0.15) is 19.4 Å². The van der Waals surface area contributed by atoms with Gasteiger partial charge in [0.15, 0.2) is 4.77 Å². The number of benzene rings is 1. The molecule has 1 unspecified atom stereocenters. The van der Waals surface area contributed by atoms with E-state index in [1.54, 1.807) is 4.57 Å². The number of hydrogen-bond donors (Lipinski definition) is 1. The first-order valence-corrected chi connectivity index (χ1v) is 6.65. The van der Waals surface area contributed by atoms with E-state index in [4.69, 9.17) is 17.0 Å². The van der Waals surface area contributed by atoms with Gasteiger partial charge in [0.25, 0.3) is 0 Å². The topological polar surface area (TPSA) is 29.9 Å². The zero-order valence-electron chi connectivity index (χ0n) is 11.1. The van der Waals surface area contributed by atoms with Crippen molar-refractivity contribution in [3.05, 3.63) is 28.5 Å². The average Bonchev–Trinajstić information content (AvgIpc) is 2.64. The van der Waals surface area contributed by atoms with Gasteiger partial charge in [0.05, 0.1) is 29.2 Å². The van der Waals surface area contributed by atoms with Crippen LogP contribution in [-0.4, -0.2) is 22.3 Å². The van der Waals surface area contributed by atoms with Gasteiger partial charge in [-0.25, -0.2) is 0 Å². The number of aromatic nitrogens is 2. The second-order valence-electron chi connectivity index (χ2n) is 4.54. The van der Waals surface area contributed by atoms with Gasteiger partial charge >= 0.3 is 6.18 Å². The third kappa shape index (κ3) is 3.04. The molecule has 0 aliphatic rings. The van der Waals surface area contributed by atoms with Crippen LogP contribution >= 0.6 is 12.2 Å². The van der Waals surface area contributed by atoms with Gasteiger partial charge in [0, 0.05) is 6.61 Å². The number of imidazole rings is 1. The molecule has 0 aliphatic carbocycles. The van der Waals surface area contributed by atoms with Crippen LogP contribution < -0.4 is 0 Å². The third-order valence-corrected chi connectivity index (χ3v) is 3.31. The minimum atomic E-state index is -4.36. The SMILES string of the molecule is CCOC(C)Cn1c(=S)[nH]c2cc(C(F)(F)F)ccc21. The number of halogens is 3. The first-order chi connectivity index (χ1) is 9.32. The monoisotopic (exact) mass is 304 g/mol. The molecule has 0 fully saturated rings. The Bertz CT molecular complexity index is 660. The summed E-state index contributed by atoms with van der Waals surface area (Å²) >= 11 is 5.16. The number of hydrogen-bond acceptors (Lipinski definition) is 2. The zero-order chi connectivity index (χ0) is 14.9. The second-order valence-corrected chi connectivity index (χ2v) is 4.92. The molecule has 2 aromatic rings. The fraction of sp³-hybridized carbons (Fsp3) is 0.462. The van der Waals surface area contributed by atoms with Crippen molar-refractivity contribution < 1.29 is 17.9 Å². The fourth-order valence-electron chi connectivity index (χ4n) is 2.12. The number of rotatable bonds is 4. The van der Waals surface area contributed by atoms with Gasteiger partial charge in [-0.05, 0) is 44.3 Å². The maximum atomic E-state index is 12.7. The number of aromatic amines is 1. The van der Waals surface area contributed by atoms with Crippen molar-refractivity contribution in [1.82, 2.24) is 9.55 Å². The van der Waals surface area contributed by atoms with Gasteiger partial charge in [-0.15, -0.1) is 0 Å². The summed E-state index contributed by atoms with van der Waals surface area (Å²) in [5.41, 5.74) is 0.342. The molecule has 1 atom stereocenters.